The molecule has 2 aliphatic rings. The highest BCUT2D eigenvalue weighted by molar-refractivity contribution is 7.12. The summed E-state index contributed by atoms with van der Waals surface area (Å²) in [4.78, 5) is 15.1. The number of hydrazone groups is 1. The Kier molecular flexibility index (Phi) is 3.31. The van der Waals surface area contributed by atoms with Crippen molar-refractivity contribution in [3.8, 4) is 0 Å². The van der Waals surface area contributed by atoms with Gasteiger partial charge in [0.1, 0.15) is 0 Å². The molecule has 2 heterocycles. The summed E-state index contributed by atoms with van der Waals surface area (Å²) < 4.78 is 0. The molecule has 1 unspecified atom stereocenters. The van der Waals surface area contributed by atoms with Gasteiger partial charge in [0, 0.05) is 32.7 Å². The Hall–Kier alpha value is -1.65. The van der Waals surface area contributed by atoms with Gasteiger partial charge in [0.05, 0.1) is 11.4 Å². The standard InChI is InChI=1S/C17H15ClN2OS/c1-10-8-14-15(22-10)7-2-11-9-16(21)20(19-17(11)14)13-5-3-12(18)4-6-13/h3-6,8,11H,2,7,9H2,1H3. The van der Waals surface area contributed by atoms with Crippen LogP contribution in [0.5, 0.6) is 0 Å². The summed E-state index contributed by atoms with van der Waals surface area (Å²) in [5, 5.41) is 6.89. The smallest absolute Gasteiger partial charge is 0.248 e. The van der Waals surface area contributed by atoms with Crippen LogP contribution in [-0.4, -0.2) is 11.6 Å². The molecule has 3 nitrogen and oxygen atoms in total. The minimum atomic E-state index is 0.0615. The molecule has 4 rings (SSSR count). The first-order valence-electron chi connectivity index (χ1n) is 7.38. The second kappa shape index (κ2) is 5.21. The molecule has 0 bridgehead atoms. The summed E-state index contributed by atoms with van der Waals surface area (Å²) in [6.45, 7) is 2.13. The summed E-state index contributed by atoms with van der Waals surface area (Å²) in [6, 6.07) is 9.47. The second-order valence-corrected chi connectivity index (χ2v) is 7.58. The summed E-state index contributed by atoms with van der Waals surface area (Å²) in [5.74, 6) is 0.323. The van der Waals surface area contributed by atoms with Crippen molar-refractivity contribution >= 4 is 40.2 Å². The molecule has 1 aromatic heterocycles. The van der Waals surface area contributed by atoms with Crippen molar-refractivity contribution in [3.05, 3.63) is 50.7 Å². The summed E-state index contributed by atoms with van der Waals surface area (Å²) in [5.41, 5.74) is 3.09. The van der Waals surface area contributed by atoms with Crippen LogP contribution in [0.3, 0.4) is 0 Å². The predicted octanol–water partition coefficient (Wildman–Crippen LogP) is 4.41. The largest absolute Gasteiger partial charge is 0.273 e. The van der Waals surface area contributed by atoms with Crippen molar-refractivity contribution in [2.45, 2.75) is 26.2 Å². The van der Waals surface area contributed by atoms with E-state index in [1.165, 1.54) is 20.3 Å². The number of hydrogen-bond acceptors (Lipinski definition) is 3. The van der Waals surface area contributed by atoms with E-state index in [4.69, 9.17) is 16.7 Å². The maximum absolute atomic E-state index is 12.4. The van der Waals surface area contributed by atoms with Gasteiger partial charge in [-0.25, -0.2) is 5.01 Å². The van der Waals surface area contributed by atoms with Gasteiger partial charge in [-0.15, -0.1) is 11.3 Å². The third-order valence-electron chi connectivity index (χ3n) is 4.25. The van der Waals surface area contributed by atoms with E-state index in [2.05, 4.69) is 13.0 Å². The maximum Gasteiger partial charge on any atom is 0.248 e. The van der Waals surface area contributed by atoms with E-state index in [1.54, 1.807) is 12.1 Å². The van der Waals surface area contributed by atoms with E-state index in [1.807, 2.05) is 23.5 Å². The van der Waals surface area contributed by atoms with Gasteiger partial charge in [0.15, 0.2) is 0 Å². The number of thiophene rings is 1. The van der Waals surface area contributed by atoms with Gasteiger partial charge in [-0.05, 0) is 50.1 Å². The summed E-state index contributed by atoms with van der Waals surface area (Å²) in [7, 11) is 0. The highest BCUT2D eigenvalue weighted by atomic mass is 35.5. The molecule has 0 spiro atoms. The van der Waals surface area contributed by atoms with Gasteiger partial charge in [0.2, 0.25) is 5.91 Å². The Bertz CT molecular complexity index is 778. The normalized spacial score (nSPS) is 20.5. The Morgan fingerprint density at radius 1 is 1.32 bits per heavy atom. The molecule has 5 heteroatoms. The number of halogens is 1. The van der Waals surface area contributed by atoms with Crippen LogP contribution in [0.1, 0.15) is 28.2 Å². The zero-order chi connectivity index (χ0) is 15.3. The fourth-order valence-corrected chi connectivity index (χ4v) is 4.39. The Labute approximate surface area is 138 Å². The molecule has 1 aliphatic heterocycles. The molecule has 112 valence electrons. The fraction of sp³-hybridized carbons (Fsp3) is 0.294. The lowest BCUT2D eigenvalue weighted by Gasteiger charge is -2.32. The molecular formula is C17H15ClN2OS. The van der Waals surface area contributed by atoms with Crippen molar-refractivity contribution < 1.29 is 4.79 Å². The van der Waals surface area contributed by atoms with E-state index in [9.17, 15) is 4.79 Å². The molecule has 0 saturated carbocycles. The lowest BCUT2D eigenvalue weighted by molar-refractivity contribution is -0.119. The van der Waals surface area contributed by atoms with Gasteiger partial charge in [0.25, 0.3) is 0 Å². The molecule has 0 saturated heterocycles. The zero-order valence-electron chi connectivity index (χ0n) is 12.2. The Morgan fingerprint density at radius 2 is 2.09 bits per heavy atom. The quantitative estimate of drug-likeness (QED) is 0.762. The minimum absolute atomic E-state index is 0.0615. The average molecular weight is 331 g/mol. The summed E-state index contributed by atoms with van der Waals surface area (Å²) >= 11 is 7.77. The van der Waals surface area contributed by atoms with Crippen LogP contribution in [-0.2, 0) is 11.2 Å². The zero-order valence-corrected chi connectivity index (χ0v) is 13.7. The number of nitrogens with zero attached hydrogens (tertiary/aromatic N) is 2. The van der Waals surface area contributed by atoms with E-state index in [-0.39, 0.29) is 11.8 Å². The monoisotopic (exact) mass is 330 g/mol. The predicted molar refractivity (Wildman–Crippen MR) is 91.0 cm³/mol. The Balaban J connectivity index is 1.79. The topological polar surface area (TPSA) is 32.7 Å². The third kappa shape index (κ3) is 2.27. The number of hydrogen-bond donors (Lipinski definition) is 0. The highest BCUT2D eigenvalue weighted by Crippen LogP contribution is 2.37. The van der Waals surface area contributed by atoms with E-state index in [0.717, 1.165) is 24.2 Å². The van der Waals surface area contributed by atoms with E-state index >= 15 is 0 Å². The van der Waals surface area contributed by atoms with Gasteiger partial charge >= 0.3 is 0 Å². The maximum atomic E-state index is 12.4. The van der Waals surface area contributed by atoms with Crippen molar-refractivity contribution in [2.75, 3.05) is 5.01 Å². The van der Waals surface area contributed by atoms with E-state index < -0.39 is 0 Å². The molecule has 2 aromatic rings. The van der Waals surface area contributed by atoms with Gasteiger partial charge < -0.3 is 0 Å². The van der Waals surface area contributed by atoms with Gasteiger partial charge in [-0.2, -0.15) is 5.10 Å². The first-order chi connectivity index (χ1) is 10.6. The first-order valence-corrected chi connectivity index (χ1v) is 8.58. The first kappa shape index (κ1) is 14.0. The van der Waals surface area contributed by atoms with Crippen LogP contribution < -0.4 is 5.01 Å². The number of aryl methyl sites for hydroxylation is 2. The molecule has 1 aliphatic carbocycles. The number of amides is 1. The molecule has 0 fully saturated rings. The molecule has 1 aromatic carbocycles. The summed E-state index contributed by atoms with van der Waals surface area (Å²) in [6.07, 6.45) is 2.62. The lowest BCUT2D eigenvalue weighted by Crippen LogP contribution is -2.39. The molecule has 0 radical (unpaired) electrons. The second-order valence-electron chi connectivity index (χ2n) is 5.80. The average Bonchev–Trinajstić information content (AvgIpc) is 2.88. The SMILES string of the molecule is Cc1cc2c(s1)CCC1CC(=O)N(c3ccc(Cl)cc3)N=C21. The van der Waals surface area contributed by atoms with Crippen LogP contribution >= 0.6 is 22.9 Å². The number of rotatable bonds is 1. The molecular weight excluding hydrogens is 316 g/mol. The molecule has 22 heavy (non-hydrogen) atoms. The molecule has 1 atom stereocenters. The minimum Gasteiger partial charge on any atom is -0.273 e. The number of carbonyl (C=O) groups is 1. The van der Waals surface area contributed by atoms with Gasteiger partial charge in [-0.1, -0.05) is 11.6 Å². The number of fused-ring (bicyclic) bond motifs is 3. The third-order valence-corrected chi connectivity index (χ3v) is 5.61. The van der Waals surface area contributed by atoms with Crippen LogP contribution in [0.4, 0.5) is 5.69 Å². The van der Waals surface area contributed by atoms with E-state index in [0.29, 0.717) is 11.4 Å². The van der Waals surface area contributed by atoms with Crippen molar-refractivity contribution in [3.63, 3.8) is 0 Å². The van der Waals surface area contributed by atoms with Gasteiger partial charge in [-0.3, -0.25) is 4.79 Å². The molecule has 1 amide bonds. The number of carbonyl (C=O) groups excluding carboxylic acids is 1. The van der Waals surface area contributed by atoms with Crippen molar-refractivity contribution in [2.24, 2.45) is 11.0 Å². The van der Waals surface area contributed by atoms with Crippen molar-refractivity contribution in [1.82, 2.24) is 0 Å². The Morgan fingerprint density at radius 3 is 2.86 bits per heavy atom. The highest BCUT2D eigenvalue weighted by Gasteiger charge is 2.35. The lowest BCUT2D eigenvalue weighted by atomic mass is 9.83. The van der Waals surface area contributed by atoms with Crippen LogP contribution in [0.2, 0.25) is 5.02 Å². The van der Waals surface area contributed by atoms with Crippen LogP contribution in [0.25, 0.3) is 0 Å². The van der Waals surface area contributed by atoms with Crippen molar-refractivity contribution in [1.29, 1.82) is 0 Å². The van der Waals surface area contributed by atoms with Crippen LogP contribution in [0.15, 0.2) is 35.4 Å². The number of benzene rings is 1. The number of anilines is 1. The molecule has 0 N–H and O–H groups in total. The van der Waals surface area contributed by atoms with Crippen LogP contribution in [0, 0.1) is 12.8 Å². The fourth-order valence-electron chi connectivity index (χ4n) is 3.21.